The Kier molecular flexibility index (Phi) is 6.53. The Morgan fingerprint density at radius 2 is 1.90 bits per heavy atom. The average molecular weight is 482 g/mol. The van der Waals surface area contributed by atoms with Crippen molar-refractivity contribution in [1.29, 1.82) is 0 Å². The first-order valence-electron chi connectivity index (χ1n) is 9.92. The van der Waals surface area contributed by atoms with Gasteiger partial charge in [-0.25, -0.2) is 13.6 Å². The van der Waals surface area contributed by atoms with Crippen LogP contribution in [0.4, 0.5) is 13.6 Å². The lowest BCUT2D eigenvalue weighted by Crippen LogP contribution is -2.52. The molecule has 2 aromatic rings. The van der Waals surface area contributed by atoms with E-state index in [1.54, 1.807) is 45.0 Å². The van der Waals surface area contributed by atoms with Gasteiger partial charge in [-0.3, -0.25) is 0 Å². The number of likely N-dealkylation sites (tertiary alicyclic amines) is 1. The Labute approximate surface area is 184 Å². The van der Waals surface area contributed by atoms with Crippen LogP contribution in [0.25, 0.3) is 0 Å². The summed E-state index contributed by atoms with van der Waals surface area (Å²) in [6.45, 7) is 5.78. The van der Waals surface area contributed by atoms with E-state index in [0.29, 0.717) is 24.9 Å². The minimum atomic E-state index is -1.59. The van der Waals surface area contributed by atoms with Gasteiger partial charge in [0, 0.05) is 29.1 Å². The zero-order valence-corrected chi connectivity index (χ0v) is 18.9. The summed E-state index contributed by atoms with van der Waals surface area (Å²) >= 11 is 3.22. The fourth-order valence-corrected chi connectivity index (χ4v) is 4.50. The first-order valence-corrected chi connectivity index (χ1v) is 10.7. The van der Waals surface area contributed by atoms with Crippen LogP contribution in [0.5, 0.6) is 0 Å². The number of hydrogen-bond donors (Lipinski definition) is 1. The van der Waals surface area contributed by atoms with Crippen molar-refractivity contribution in [2.24, 2.45) is 0 Å². The standard InChI is InChI=1S/C23H26BrF2NO3/c1-22(2,3)30-21(28)27-11-7-10-20(27)23(29,15-8-5-4-6-9-15)14-17-18(24)12-16(25)13-19(17)26/h4-6,8-9,12-13,20,29H,7,10-11,14H2,1-3H3/t20-,23?/m0/s1. The molecule has 0 bridgehead atoms. The maximum absolute atomic E-state index is 14.6. The Balaban J connectivity index is 2.04. The van der Waals surface area contributed by atoms with Crippen LogP contribution in [0.2, 0.25) is 0 Å². The molecule has 0 saturated carbocycles. The van der Waals surface area contributed by atoms with Crippen molar-refractivity contribution in [3.8, 4) is 0 Å². The number of amides is 1. The van der Waals surface area contributed by atoms with E-state index >= 15 is 0 Å². The number of benzene rings is 2. The molecule has 1 unspecified atom stereocenters. The number of hydrogen-bond acceptors (Lipinski definition) is 3. The molecule has 1 aliphatic heterocycles. The Hall–Kier alpha value is -1.99. The molecule has 1 N–H and O–H groups in total. The fourth-order valence-electron chi connectivity index (χ4n) is 3.95. The van der Waals surface area contributed by atoms with Crippen LogP contribution in [-0.2, 0) is 16.8 Å². The summed E-state index contributed by atoms with van der Waals surface area (Å²) in [6, 6.07) is 10.2. The third kappa shape index (κ3) is 4.83. The predicted octanol–water partition coefficient (Wildman–Crippen LogP) is 5.56. The van der Waals surface area contributed by atoms with Crippen molar-refractivity contribution in [2.45, 2.75) is 57.3 Å². The van der Waals surface area contributed by atoms with Gasteiger partial charge in [-0.1, -0.05) is 46.3 Å². The van der Waals surface area contributed by atoms with Gasteiger partial charge in [0.05, 0.1) is 6.04 Å². The van der Waals surface area contributed by atoms with Gasteiger partial charge in [-0.15, -0.1) is 0 Å². The summed E-state index contributed by atoms with van der Waals surface area (Å²) in [7, 11) is 0. The molecule has 7 heteroatoms. The Bertz CT molecular complexity index is 893. The molecule has 162 valence electrons. The molecule has 2 aromatic carbocycles. The van der Waals surface area contributed by atoms with E-state index in [2.05, 4.69) is 15.9 Å². The van der Waals surface area contributed by atoms with E-state index < -0.39 is 35.0 Å². The van der Waals surface area contributed by atoms with Crippen molar-refractivity contribution < 1.29 is 23.4 Å². The zero-order chi connectivity index (χ0) is 22.1. The number of carbonyl (C=O) groups is 1. The highest BCUT2D eigenvalue weighted by Gasteiger charge is 2.47. The third-order valence-corrected chi connectivity index (χ3v) is 5.97. The van der Waals surface area contributed by atoms with Crippen molar-refractivity contribution in [3.63, 3.8) is 0 Å². The molecular weight excluding hydrogens is 456 g/mol. The van der Waals surface area contributed by atoms with E-state index in [0.717, 1.165) is 6.07 Å². The quantitative estimate of drug-likeness (QED) is 0.621. The van der Waals surface area contributed by atoms with Gasteiger partial charge in [0.25, 0.3) is 0 Å². The zero-order valence-electron chi connectivity index (χ0n) is 17.3. The van der Waals surface area contributed by atoms with Gasteiger partial charge in [0.2, 0.25) is 0 Å². The van der Waals surface area contributed by atoms with Gasteiger partial charge < -0.3 is 14.7 Å². The number of nitrogens with zero attached hydrogens (tertiary/aromatic N) is 1. The van der Waals surface area contributed by atoms with Crippen molar-refractivity contribution >= 4 is 22.0 Å². The SMILES string of the molecule is CC(C)(C)OC(=O)N1CCC[C@H]1C(O)(Cc1c(F)cc(F)cc1Br)c1ccccc1. The topological polar surface area (TPSA) is 49.8 Å². The van der Waals surface area contributed by atoms with Crippen LogP contribution in [0.15, 0.2) is 46.9 Å². The molecule has 1 amide bonds. The smallest absolute Gasteiger partial charge is 0.410 e. The molecule has 0 aliphatic carbocycles. The first-order chi connectivity index (χ1) is 14.0. The van der Waals surface area contributed by atoms with Gasteiger partial charge in [-0.2, -0.15) is 0 Å². The van der Waals surface area contributed by atoms with Crippen LogP contribution >= 0.6 is 15.9 Å². The fraction of sp³-hybridized carbons (Fsp3) is 0.435. The van der Waals surface area contributed by atoms with Crippen LogP contribution in [-0.4, -0.2) is 34.3 Å². The Morgan fingerprint density at radius 3 is 2.50 bits per heavy atom. The lowest BCUT2D eigenvalue weighted by atomic mass is 9.80. The molecule has 4 nitrogen and oxygen atoms in total. The number of carbonyl (C=O) groups excluding carboxylic acids is 1. The summed E-state index contributed by atoms with van der Waals surface area (Å²) in [5.74, 6) is -1.46. The van der Waals surface area contributed by atoms with E-state index in [-0.39, 0.29) is 16.5 Å². The van der Waals surface area contributed by atoms with Gasteiger partial charge in [-0.05, 0) is 45.2 Å². The summed E-state index contributed by atoms with van der Waals surface area (Å²) in [6.07, 6.45) is 0.572. The molecule has 0 aromatic heterocycles. The predicted molar refractivity (Wildman–Crippen MR) is 114 cm³/mol. The van der Waals surface area contributed by atoms with Gasteiger partial charge in [0.1, 0.15) is 22.8 Å². The summed E-state index contributed by atoms with van der Waals surface area (Å²) < 4.78 is 34.0. The molecule has 1 saturated heterocycles. The van der Waals surface area contributed by atoms with E-state index in [1.807, 2.05) is 6.07 Å². The summed E-state index contributed by atoms with van der Waals surface area (Å²) in [5, 5.41) is 11.9. The molecule has 3 rings (SSSR count). The second-order valence-corrected chi connectivity index (χ2v) is 9.50. The number of aliphatic hydroxyl groups is 1. The molecule has 1 heterocycles. The van der Waals surface area contributed by atoms with Crippen LogP contribution in [0, 0.1) is 11.6 Å². The number of rotatable bonds is 4. The normalized spacial score (nSPS) is 18.9. The highest BCUT2D eigenvalue weighted by molar-refractivity contribution is 9.10. The van der Waals surface area contributed by atoms with Crippen molar-refractivity contribution in [1.82, 2.24) is 4.90 Å². The largest absolute Gasteiger partial charge is 0.444 e. The van der Waals surface area contributed by atoms with Gasteiger partial charge >= 0.3 is 6.09 Å². The Morgan fingerprint density at radius 1 is 1.23 bits per heavy atom. The molecule has 30 heavy (non-hydrogen) atoms. The number of halogens is 3. The van der Waals surface area contributed by atoms with Crippen LogP contribution < -0.4 is 0 Å². The highest BCUT2D eigenvalue weighted by Crippen LogP contribution is 2.40. The highest BCUT2D eigenvalue weighted by atomic mass is 79.9. The van der Waals surface area contributed by atoms with E-state index in [1.165, 1.54) is 11.0 Å². The monoisotopic (exact) mass is 481 g/mol. The van der Waals surface area contributed by atoms with E-state index in [4.69, 9.17) is 4.74 Å². The lowest BCUT2D eigenvalue weighted by molar-refractivity contribution is -0.0487. The van der Waals surface area contributed by atoms with Gasteiger partial charge in [0.15, 0.2) is 0 Å². The average Bonchev–Trinajstić information content (AvgIpc) is 3.14. The lowest BCUT2D eigenvalue weighted by Gasteiger charge is -2.40. The molecule has 0 radical (unpaired) electrons. The second-order valence-electron chi connectivity index (χ2n) is 8.65. The number of ether oxygens (including phenoxy) is 1. The summed E-state index contributed by atoms with van der Waals surface area (Å²) in [4.78, 5) is 14.4. The molecule has 1 fully saturated rings. The van der Waals surface area contributed by atoms with E-state index in [9.17, 15) is 18.7 Å². The molecular formula is C23H26BrF2NO3. The minimum absolute atomic E-state index is 0.131. The molecule has 1 aliphatic rings. The second kappa shape index (κ2) is 8.63. The minimum Gasteiger partial charge on any atom is -0.444 e. The van der Waals surface area contributed by atoms with Crippen molar-refractivity contribution in [3.05, 3.63) is 69.7 Å². The van der Waals surface area contributed by atoms with Crippen LogP contribution in [0.1, 0.15) is 44.7 Å². The van der Waals surface area contributed by atoms with Crippen molar-refractivity contribution in [2.75, 3.05) is 6.54 Å². The first kappa shape index (κ1) is 22.7. The maximum atomic E-state index is 14.6. The summed E-state index contributed by atoms with van der Waals surface area (Å²) in [5.41, 5.74) is -1.56. The molecule has 0 spiro atoms. The third-order valence-electron chi connectivity index (χ3n) is 5.26. The van der Waals surface area contributed by atoms with Crippen LogP contribution in [0.3, 0.4) is 0 Å². The maximum Gasteiger partial charge on any atom is 0.410 e. The molecule has 2 atom stereocenters.